The van der Waals surface area contributed by atoms with Gasteiger partial charge in [-0.1, -0.05) is 35.5 Å². The molecular weight excluding hydrogens is 242 g/mol. The van der Waals surface area contributed by atoms with Crippen LogP contribution >= 0.6 is 0 Å². The summed E-state index contributed by atoms with van der Waals surface area (Å²) < 4.78 is 6.89. The fourth-order valence-electron chi connectivity index (χ4n) is 1.80. The molecule has 2 heterocycles. The predicted octanol–water partition coefficient (Wildman–Crippen LogP) is 1.52. The summed E-state index contributed by atoms with van der Waals surface area (Å²) in [5.74, 6) is 0.828. The topological polar surface area (TPSA) is 82.8 Å². The van der Waals surface area contributed by atoms with Crippen LogP contribution < -0.4 is 5.73 Å². The number of hydrogen-bond donors (Lipinski definition) is 1. The first-order valence-corrected chi connectivity index (χ1v) is 5.88. The predicted molar refractivity (Wildman–Crippen MR) is 69.0 cm³/mol. The smallest absolute Gasteiger partial charge is 0.248 e. The van der Waals surface area contributed by atoms with Crippen molar-refractivity contribution >= 4 is 0 Å². The zero-order valence-electron chi connectivity index (χ0n) is 10.4. The second kappa shape index (κ2) is 4.66. The van der Waals surface area contributed by atoms with Crippen LogP contribution in [0.25, 0.3) is 11.5 Å². The van der Waals surface area contributed by atoms with Crippen LogP contribution in [0.5, 0.6) is 0 Å². The lowest BCUT2D eigenvalue weighted by atomic mass is 10.1. The minimum absolute atomic E-state index is 0.381. The molecule has 3 aromatic rings. The summed E-state index contributed by atoms with van der Waals surface area (Å²) in [6.45, 7) is 0. The molecule has 0 aliphatic heterocycles. The molecule has 0 aliphatic carbocycles. The summed E-state index contributed by atoms with van der Waals surface area (Å²) in [4.78, 5) is 4.29. The molecule has 0 saturated heterocycles. The van der Waals surface area contributed by atoms with Gasteiger partial charge in [0, 0.05) is 13.2 Å². The van der Waals surface area contributed by atoms with E-state index in [0.717, 1.165) is 5.56 Å². The number of aromatic nitrogens is 4. The summed E-state index contributed by atoms with van der Waals surface area (Å²) in [5.41, 5.74) is 7.69. The van der Waals surface area contributed by atoms with E-state index in [2.05, 4.69) is 15.2 Å². The maximum absolute atomic E-state index is 6.09. The first-order chi connectivity index (χ1) is 9.24. The highest BCUT2D eigenvalue weighted by molar-refractivity contribution is 5.47. The van der Waals surface area contributed by atoms with Gasteiger partial charge in [0.2, 0.25) is 11.7 Å². The van der Waals surface area contributed by atoms with Gasteiger partial charge in [-0.25, -0.2) is 0 Å². The molecule has 6 nitrogen and oxygen atoms in total. The Morgan fingerprint density at radius 2 is 2.00 bits per heavy atom. The van der Waals surface area contributed by atoms with Crippen molar-refractivity contribution in [3.8, 4) is 11.5 Å². The van der Waals surface area contributed by atoms with Crippen LogP contribution in [-0.2, 0) is 7.05 Å². The maximum atomic E-state index is 6.09. The SMILES string of the molecule is Cn1ccc(-c2noc([C@H](N)c3ccccc3)n2)n1. The van der Waals surface area contributed by atoms with E-state index in [1.165, 1.54) is 0 Å². The molecule has 0 aliphatic rings. The number of aryl methyl sites for hydroxylation is 1. The van der Waals surface area contributed by atoms with E-state index in [9.17, 15) is 0 Å². The molecule has 2 aromatic heterocycles. The second-order valence-corrected chi connectivity index (χ2v) is 4.22. The van der Waals surface area contributed by atoms with Crippen LogP contribution in [0.4, 0.5) is 0 Å². The number of nitrogens with two attached hydrogens (primary N) is 1. The maximum Gasteiger partial charge on any atom is 0.248 e. The molecule has 96 valence electrons. The van der Waals surface area contributed by atoms with Gasteiger partial charge in [-0.15, -0.1) is 0 Å². The summed E-state index contributed by atoms with van der Waals surface area (Å²) in [6, 6.07) is 11.0. The molecule has 1 atom stereocenters. The van der Waals surface area contributed by atoms with Gasteiger partial charge in [-0.2, -0.15) is 10.1 Å². The first-order valence-electron chi connectivity index (χ1n) is 5.88. The molecule has 6 heteroatoms. The molecule has 19 heavy (non-hydrogen) atoms. The number of benzene rings is 1. The van der Waals surface area contributed by atoms with Crippen LogP contribution in [0.15, 0.2) is 47.1 Å². The third-order valence-electron chi connectivity index (χ3n) is 2.81. The first kappa shape index (κ1) is 11.6. The Kier molecular flexibility index (Phi) is 2.85. The standard InChI is InChI=1S/C13H13N5O/c1-18-8-7-10(16-18)12-15-13(19-17-12)11(14)9-5-3-2-4-6-9/h2-8,11H,14H2,1H3/t11-/m1/s1. The lowest BCUT2D eigenvalue weighted by Crippen LogP contribution is -2.11. The lowest BCUT2D eigenvalue weighted by molar-refractivity contribution is 0.367. The summed E-state index contributed by atoms with van der Waals surface area (Å²) in [7, 11) is 1.83. The molecule has 0 amide bonds. The highest BCUT2D eigenvalue weighted by Gasteiger charge is 2.18. The highest BCUT2D eigenvalue weighted by atomic mass is 16.5. The number of rotatable bonds is 3. The van der Waals surface area contributed by atoms with Gasteiger partial charge >= 0.3 is 0 Å². The van der Waals surface area contributed by atoms with Gasteiger partial charge in [0.1, 0.15) is 11.7 Å². The van der Waals surface area contributed by atoms with E-state index in [0.29, 0.717) is 17.4 Å². The number of hydrogen-bond acceptors (Lipinski definition) is 5. The average Bonchev–Trinajstić information content (AvgIpc) is 3.07. The molecule has 0 unspecified atom stereocenters. The molecule has 3 rings (SSSR count). The van der Waals surface area contributed by atoms with Gasteiger partial charge in [-0.05, 0) is 11.6 Å². The molecule has 0 spiro atoms. The second-order valence-electron chi connectivity index (χ2n) is 4.22. The van der Waals surface area contributed by atoms with E-state index in [4.69, 9.17) is 10.3 Å². The Morgan fingerprint density at radius 3 is 2.68 bits per heavy atom. The molecule has 1 aromatic carbocycles. The zero-order valence-corrected chi connectivity index (χ0v) is 10.4. The van der Waals surface area contributed by atoms with Crippen molar-refractivity contribution in [1.82, 2.24) is 19.9 Å². The Morgan fingerprint density at radius 1 is 1.21 bits per heavy atom. The molecule has 0 bridgehead atoms. The van der Waals surface area contributed by atoms with E-state index in [-0.39, 0.29) is 0 Å². The van der Waals surface area contributed by atoms with E-state index < -0.39 is 6.04 Å². The fraction of sp³-hybridized carbons (Fsp3) is 0.154. The normalized spacial score (nSPS) is 12.5. The minimum atomic E-state index is -0.425. The Balaban J connectivity index is 1.89. The van der Waals surface area contributed by atoms with Crippen molar-refractivity contribution in [2.75, 3.05) is 0 Å². The van der Waals surface area contributed by atoms with Crippen LogP contribution in [0.3, 0.4) is 0 Å². The Bertz CT molecular complexity index is 673. The summed E-state index contributed by atoms with van der Waals surface area (Å²) in [6.07, 6.45) is 1.82. The third kappa shape index (κ3) is 2.25. The summed E-state index contributed by atoms with van der Waals surface area (Å²) in [5, 5.41) is 8.12. The zero-order chi connectivity index (χ0) is 13.2. The van der Waals surface area contributed by atoms with Crippen molar-refractivity contribution < 1.29 is 4.52 Å². The average molecular weight is 255 g/mol. The fourth-order valence-corrected chi connectivity index (χ4v) is 1.80. The van der Waals surface area contributed by atoms with Crippen molar-refractivity contribution in [2.24, 2.45) is 12.8 Å². The Hall–Kier alpha value is -2.47. The van der Waals surface area contributed by atoms with Crippen molar-refractivity contribution in [1.29, 1.82) is 0 Å². The molecule has 0 saturated carbocycles. The number of nitrogens with zero attached hydrogens (tertiary/aromatic N) is 4. The van der Waals surface area contributed by atoms with E-state index in [1.54, 1.807) is 4.68 Å². The van der Waals surface area contributed by atoms with Crippen molar-refractivity contribution in [2.45, 2.75) is 6.04 Å². The van der Waals surface area contributed by atoms with E-state index in [1.807, 2.05) is 49.6 Å². The quantitative estimate of drug-likeness (QED) is 0.767. The molecule has 0 radical (unpaired) electrons. The van der Waals surface area contributed by atoms with Gasteiger partial charge < -0.3 is 10.3 Å². The van der Waals surface area contributed by atoms with Crippen LogP contribution in [0, 0.1) is 0 Å². The Labute approximate surface area is 109 Å². The minimum Gasteiger partial charge on any atom is -0.337 e. The monoisotopic (exact) mass is 255 g/mol. The van der Waals surface area contributed by atoms with E-state index >= 15 is 0 Å². The largest absolute Gasteiger partial charge is 0.337 e. The van der Waals surface area contributed by atoms with Crippen LogP contribution in [0.1, 0.15) is 17.5 Å². The lowest BCUT2D eigenvalue weighted by Gasteiger charge is -2.05. The van der Waals surface area contributed by atoms with Crippen molar-refractivity contribution in [3.05, 3.63) is 54.0 Å². The van der Waals surface area contributed by atoms with Crippen LogP contribution in [0.2, 0.25) is 0 Å². The molecule has 2 N–H and O–H groups in total. The third-order valence-corrected chi connectivity index (χ3v) is 2.81. The van der Waals surface area contributed by atoms with Crippen molar-refractivity contribution in [3.63, 3.8) is 0 Å². The van der Waals surface area contributed by atoms with Gasteiger partial charge in [0.25, 0.3) is 0 Å². The van der Waals surface area contributed by atoms with Gasteiger partial charge in [-0.3, -0.25) is 4.68 Å². The summed E-state index contributed by atoms with van der Waals surface area (Å²) >= 11 is 0. The molecular formula is C13H13N5O. The van der Waals surface area contributed by atoms with Gasteiger partial charge in [0.05, 0.1) is 0 Å². The molecule has 0 fully saturated rings. The van der Waals surface area contributed by atoms with Gasteiger partial charge in [0.15, 0.2) is 0 Å². The highest BCUT2D eigenvalue weighted by Crippen LogP contribution is 2.20. The van der Waals surface area contributed by atoms with Crippen LogP contribution in [-0.4, -0.2) is 19.9 Å².